The average Bonchev–Trinajstić information content (AvgIpc) is 2.53. The van der Waals surface area contributed by atoms with E-state index in [4.69, 9.17) is 0 Å². The number of nitrogens with zero attached hydrogens (tertiary/aromatic N) is 1. The lowest BCUT2D eigenvalue weighted by Gasteiger charge is -2.11. The van der Waals surface area contributed by atoms with Crippen molar-refractivity contribution >= 4 is 11.6 Å². The predicted octanol–water partition coefficient (Wildman–Crippen LogP) is 1.94. The first kappa shape index (κ1) is 14.7. The molecular formula is C15H14N2O4. The molecule has 6 nitrogen and oxygen atoms in total. The lowest BCUT2D eigenvalue weighted by molar-refractivity contribution is -0.384. The number of nitro benzene ring substituents is 1. The molecule has 6 heteroatoms. The first-order valence-electron chi connectivity index (χ1n) is 6.32. The van der Waals surface area contributed by atoms with Crippen molar-refractivity contribution in [1.29, 1.82) is 0 Å². The molecule has 0 aliphatic heterocycles. The maximum Gasteiger partial charge on any atom is 0.269 e. The van der Waals surface area contributed by atoms with Crippen molar-refractivity contribution in [3.05, 3.63) is 75.8 Å². The Morgan fingerprint density at radius 1 is 1.19 bits per heavy atom. The molecule has 2 N–H and O–H groups in total. The van der Waals surface area contributed by atoms with E-state index in [9.17, 15) is 20.0 Å². The van der Waals surface area contributed by atoms with Crippen molar-refractivity contribution in [3.8, 4) is 0 Å². The van der Waals surface area contributed by atoms with E-state index < -0.39 is 16.9 Å². The zero-order chi connectivity index (χ0) is 15.2. The second-order valence-corrected chi connectivity index (χ2v) is 4.46. The third-order valence-electron chi connectivity index (χ3n) is 2.95. The lowest BCUT2D eigenvalue weighted by Crippen LogP contribution is -2.28. The summed E-state index contributed by atoms with van der Waals surface area (Å²) < 4.78 is 0. The lowest BCUT2D eigenvalue weighted by atomic mass is 10.1. The van der Waals surface area contributed by atoms with E-state index in [1.165, 1.54) is 12.1 Å². The highest BCUT2D eigenvalue weighted by atomic mass is 16.6. The summed E-state index contributed by atoms with van der Waals surface area (Å²) in [5.41, 5.74) is 1.05. The molecule has 1 atom stereocenters. The minimum atomic E-state index is -1.26. The van der Waals surface area contributed by atoms with E-state index in [2.05, 4.69) is 5.32 Å². The van der Waals surface area contributed by atoms with E-state index in [0.717, 1.165) is 0 Å². The van der Waals surface area contributed by atoms with Gasteiger partial charge in [-0.2, -0.15) is 0 Å². The van der Waals surface area contributed by atoms with Crippen LogP contribution in [0.4, 0.5) is 5.69 Å². The standard InChI is InChI=1S/C15H14N2O4/c18-14(12-6-2-1-3-7-12)15(19)16-10-11-5-4-8-13(9-11)17(20)21/h1-9,14,18H,10H2,(H,16,19). The Morgan fingerprint density at radius 3 is 2.57 bits per heavy atom. The van der Waals surface area contributed by atoms with Gasteiger partial charge in [-0.1, -0.05) is 42.5 Å². The van der Waals surface area contributed by atoms with Crippen LogP contribution in [0.1, 0.15) is 17.2 Å². The van der Waals surface area contributed by atoms with Crippen LogP contribution in [0.5, 0.6) is 0 Å². The summed E-state index contributed by atoms with van der Waals surface area (Å²) in [5.74, 6) is -0.548. The molecule has 0 aliphatic carbocycles. The minimum Gasteiger partial charge on any atom is -0.378 e. The summed E-state index contributed by atoms with van der Waals surface area (Å²) in [4.78, 5) is 22.0. The minimum absolute atomic E-state index is 0.0367. The van der Waals surface area contributed by atoms with Gasteiger partial charge in [-0.25, -0.2) is 0 Å². The highest BCUT2D eigenvalue weighted by Crippen LogP contribution is 2.14. The summed E-state index contributed by atoms with van der Waals surface area (Å²) >= 11 is 0. The number of nitro groups is 1. The molecule has 2 rings (SSSR count). The molecule has 0 aromatic heterocycles. The summed E-state index contributed by atoms with van der Waals surface area (Å²) in [7, 11) is 0. The number of hydrogen-bond acceptors (Lipinski definition) is 4. The Labute approximate surface area is 121 Å². The van der Waals surface area contributed by atoms with Gasteiger partial charge in [0.2, 0.25) is 0 Å². The van der Waals surface area contributed by atoms with E-state index in [0.29, 0.717) is 11.1 Å². The van der Waals surface area contributed by atoms with Crippen molar-refractivity contribution in [3.63, 3.8) is 0 Å². The molecule has 2 aromatic carbocycles. The molecule has 0 aliphatic rings. The van der Waals surface area contributed by atoms with Gasteiger partial charge in [-0.15, -0.1) is 0 Å². The first-order chi connectivity index (χ1) is 10.1. The molecule has 2 aromatic rings. The van der Waals surface area contributed by atoms with Crippen LogP contribution in [0.15, 0.2) is 54.6 Å². The van der Waals surface area contributed by atoms with Gasteiger partial charge in [-0.05, 0) is 11.1 Å². The van der Waals surface area contributed by atoms with Crippen LogP contribution in [0, 0.1) is 10.1 Å². The molecule has 0 fully saturated rings. The number of non-ortho nitro benzene ring substituents is 1. The van der Waals surface area contributed by atoms with Gasteiger partial charge in [0, 0.05) is 18.7 Å². The topological polar surface area (TPSA) is 92.5 Å². The second-order valence-electron chi connectivity index (χ2n) is 4.46. The van der Waals surface area contributed by atoms with Crippen LogP contribution in [0.3, 0.4) is 0 Å². The van der Waals surface area contributed by atoms with E-state index in [1.807, 2.05) is 0 Å². The van der Waals surface area contributed by atoms with Crippen molar-refractivity contribution in [1.82, 2.24) is 5.32 Å². The number of nitrogens with one attached hydrogen (secondary N) is 1. The van der Waals surface area contributed by atoms with Gasteiger partial charge in [-0.3, -0.25) is 14.9 Å². The zero-order valence-electron chi connectivity index (χ0n) is 11.1. The summed E-state index contributed by atoms with van der Waals surface area (Å²) in [6.07, 6.45) is -1.26. The monoisotopic (exact) mass is 286 g/mol. The smallest absolute Gasteiger partial charge is 0.269 e. The van der Waals surface area contributed by atoms with Gasteiger partial charge in [0.15, 0.2) is 6.10 Å². The van der Waals surface area contributed by atoms with Crippen LogP contribution in [0.25, 0.3) is 0 Å². The third-order valence-corrected chi connectivity index (χ3v) is 2.95. The number of amides is 1. The normalized spacial score (nSPS) is 11.7. The second kappa shape index (κ2) is 6.62. The molecule has 0 radical (unpaired) electrons. The largest absolute Gasteiger partial charge is 0.378 e. The first-order valence-corrected chi connectivity index (χ1v) is 6.32. The molecule has 21 heavy (non-hydrogen) atoms. The fraction of sp³-hybridized carbons (Fsp3) is 0.133. The highest BCUT2D eigenvalue weighted by molar-refractivity contribution is 5.81. The van der Waals surface area contributed by atoms with Gasteiger partial charge in [0.1, 0.15) is 0 Å². The van der Waals surface area contributed by atoms with Gasteiger partial charge >= 0.3 is 0 Å². The van der Waals surface area contributed by atoms with E-state index >= 15 is 0 Å². The summed E-state index contributed by atoms with van der Waals surface area (Å²) in [6.45, 7) is 0.115. The fourth-order valence-electron chi connectivity index (χ4n) is 1.85. The number of aliphatic hydroxyl groups is 1. The highest BCUT2D eigenvalue weighted by Gasteiger charge is 2.16. The molecule has 1 amide bonds. The summed E-state index contributed by atoms with van der Waals surface area (Å²) in [5, 5.41) is 23.1. The molecule has 1 unspecified atom stereocenters. The summed E-state index contributed by atoms with van der Waals surface area (Å²) in [6, 6.07) is 14.5. The number of aliphatic hydroxyl groups excluding tert-OH is 1. The number of carbonyl (C=O) groups excluding carboxylic acids is 1. The molecule has 108 valence electrons. The van der Waals surface area contributed by atoms with Gasteiger partial charge in [0.25, 0.3) is 11.6 Å². The maximum atomic E-state index is 11.8. The van der Waals surface area contributed by atoms with Crippen LogP contribution >= 0.6 is 0 Å². The Hall–Kier alpha value is -2.73. The van der Waals surface area contributed by atoms with Crippen LogP contribution in [-0.2, 0) is 11.3 Å². The number of hydrogen-bond donors (Lipinski definition) is 2. The molecule has 0 saturated heterocycles. The Kier molecular flexibility index (Phi) is 4.63. The average molecular weight is 286 g/mol. The Bertz CT molecular complexity index is 643. The molecule has 0 spiro atoms. The van der Waals surface area contributed by atoms with Gasteiger partial charge < -0.3 is 10.4 Å². The zero-order valence-corrected chi connectivity index (χ0v) is 11.1. The van der Waals surface area contributed by atoms with Crippen LogP contribution in [-0.4, -0.2) is 15.9 Å². The molecule has 0 heterocycles. The fourth-order valence-corrected chi connectivity index (χ4v) is 1.85. The predicted molar refractivity (Wildman–Crippen MR) is 76.3 cm³/mol. The van der Waals surface area contributed by atoms with Crippen LogP contribution in [0.2, 0.25) is 0 Å². The molecular weight excluding hydrogens is 272 g/mol. The quantitative estimate of drug-likeness (QED) is 0.649. The Balaban J connectivity index is 1.98. The number of carbonyl (C=O) groups is 1. The van der Waals surface area contributed by atoms with E-state index in [-0.39, 0.29) is 12.2 Å². The molecule has 0 bridgehead atoms. The maximum absolute atomic E-state index is 11.8. The number of rotatable bonds is 5. The van der Waals surface area contributed by atoms with Gasteiger partial charge in [0.05, 0.1) is 4.92 Å². The SMILES string of the molecule is O=C(NCc1cccc([N+](=O)[O-])c1)C(O)c1ccccc1. The van der Waals surface area contributed by atoms with Crippen molar-refractivity contribution in [2.45, 2.75) is 12.6 Å². The molecule has 0 saturated carbocycles. The van der Waals surface area contributed by atoms with Crippen molar-refractivity contribution < 1.29 is 14.8 Å². The van der Waals surface area contributed by atoms with E-state index in [1.54, 1.807) is 42.5 Å². The van der Waals surface area contributed by atoms with Crippen molar-refractivity contribution in [2.24, 2.45) is 0 Å². The Morgan fingerprint density at radius 2 is 1.90 bits per heavy atom. The number of benzene rings is 2. The third kappa shape index (κ3) is 3.87. The van der Waals surface area contributed by atoms with Crippen molar-refractivity contribution in [2.75, 3.05) is 0 Å². The van der Waals surface area contributed by atoms with Crippen LogP contribution < -0.4 is 5.32 Å².